The molecule has 1 aliphatic carbocycles. The number of carboxylic acid groups (broad SMARTS) is 1. The van der Waals surface area contributed by atoms with Crippen molar-refractivity contribution in [2.45, 2.75) is 0 Å². The second kappa shape index (κ2) is 3.13. The fraction of sp³-hybridized carbons (Fsp3) is 0. The quantitative estimate of drug-likeness (QED) is 0.610. The van der Waals surface area contributed by atoms with E-state index in [1.54, 1.807) is 0 Å². The topological polar surface area (TPSA) is 83.8 Å². The van der Waals surface area contributed by atoms with Crippen molar-refractivity contribution >= 4 is 23.2 Å². The van der Waals surface area contributed by atoms with Crippen molar-refractivity contribution in [3.8, 4) is 0 Å². The minimum Gasteiger partial charge on any atom is -0.477 e. The van der Waals surface area contributed by atoms with Crippen molar-refractivity contribution in [1.29, 1.82) is 0 Å². The Morgan fingerprint density at radius 3 is 2.60 bits per heavy atom. The average Bonchev–Trinajstić information content (AvgIpc) is 2.18. The van der Waals surface area contributed by atoms with E-state index in [-0.39, 0.29) is 22.8 Å². The summed E-state index contributed by atoms with van der Waals surface area (Å²) in [5, 5.41) is 8.66. The molecule has 1 N–H and O–H groups in total. The van der Waals surface area contributed by atoms with E-state index in [0.717, 1.165) is 12.2 Å². The standard InChI is InChI=1S/C10H5NO4/c12-5-1-2-7-6(3-5)9(13)4-8(11-7)10(14)15/h1-4H,(H,14,15). The van der Waals surface area contributed by atoms with Crippen molar-refractivity contribution in [3.05, 3.63) is 35.6 Å². The van der Waals surface area contributed by atoms with Crippen molar-refractivity contribution in [2.24, 2.45) is 4.99 Å². The van der Waals surface area contributed by atoms with Gasteiger partial charge in [0.25, 0.3) is 0 Å². The van der Waals surface area contributed by atoms with E-state index >= 15 is 0 Å². The summed E-state index contributed by atoms with van der Waals surface area (Å²) in [6.07, 6.45) is 4.63. The highest BCUT2D eigenvalue weighted by Gasteiger charge is 2.24. The number of hydrogen-bond donors (Lipinski definition) is 1. The number of aliphatic carboxylic acids is 1. The molecule has 0 saturated carbocycles. The highest BCUT2D eigenvalue weighted by atomic mass is 16.4. The highest BCUT2D eigenvalue weighted by molar-refractivity contribution is 6.37. The molecular weight excluding hydrogens is 198 g/mol. The Balaban J connectivity index is 2.51. The zero-order chi connectivity index (χ0) is 11.0. The summed E-state index contributed by atoms with van der Waals surface area (Å²) in [5.41, 5.74) is 0.0538. The van der Waals surface area contributed by atoms with E-state index in [1.807, 2.05) is 0 Å². The number of carboxylic acids is 1. The van der Waals surface area contributed by atoms with Crippen LogP contribution >= 0.6 is 0 Å². The minimum absolute atomic E-state index is 0.146. The Morgan fingerprint density at radius 1 is 1.20 bits per heavy atom. The predicted octanol–water partition coefficient (Wildman–Crippen LogP) is 0.0439. The monoisotopic (exact) mass is 203 g/mol. The third-order valence-electron chi connectivity index (χ3n) is 1.96. The van der Waals surface area contributed by atoms with Crippen molar-refractivity contribution in [3.63, 3.8) is 0 Å². The second-order valence-electron chi connectivity index (χ2n) is 2.99. The Morgan fingerprint density at radius 2 is 1.93 bits per heavy atom. The molecule has 1 heterocycles. The first-order valence-electron chi connectivity index (χ1n) is 4.10. The lowest BCUT2D eigenvalue weighted by atomic mass is 9.96. The summed E-state index contributed by atoms with van der Waals surface area (Å²) in [5.74, 6) is -2.07. The molecule has 0 bridgehead atoms. The van der Waals surface area contributed by atoms with E-state index < -0.39 is 11.8 Å². The van der Waals surface area contributed by atoms with Crippen LogP contribution in [0.25, 0.3) is 0 Å². The molecule has 0 aromatic carbocycles. The number of ketones is 2. The van der Waals surface area contributed by atoms with E-state index in [1.165, 1.54) is 12.2 Å². The fourth-order valence-corrected chi connectivity index (χ4v) is 1.28. The maximum atomic E-state index is 11.4. The van der Waals surface area contributed by atoms with E-state index in [4.69, 9.17) is 5.11 Å². The maximum Gasteiger partial charge on any atom is 0.354 e. The molecule has 5 nitrogen and oxygen atoms in total. The Bertz CT molecular complexity index is 506. The molecule has 2 rings (SSSR count). The number of fused-ring (bicyclic) bond motifs is 1. The first-order valence-corrected chi connectivity index (χ1v) is 4.10. The van der Waals surface area contributed by atoms with Crippen LogP contribution in [-0.2, 0) is 14.4 Å². The second-order valence-corrected chi connectivity index (χ2v) is 2.99. The summed E-state index contributed by atoms with van der Waals surface area (Å²) in [6, 6.07) is 0. The largest absolute Gasteiger partial charge is 0.477 e. The number of aliphatic imine (C=N–C) groups is 1. The van der Waals surface area contributed by atoms with Gasteiger partial charge in [0, 0.05) is 6.08 Å². The van der Waals surface area contributed by atoms with Crippen LogP contribution in [0.4, 0.5) is 0 Å². The van der Waals surface area contributed by atoms with Gasteiger partial charge in [-0.2, -0.15) is 0 Å². The third kappa shape index (κ3) is 1.54. The van der Waals surface area contributed by atoms with Gasteiger partial charge in [0.05, 0.1) is 11.3 Å². The summed E-state index contributed by atoms with van der Waals surface area (Å²) in [7, 11) is 0. The van der Waals surface area contributed by atoms with Gasteiger partial charge in [0.2, 0.25) is 0 Å². The molecule has 1 aliphatic heterocycles. The third-order valence-corrected chi connectivity index (χ3v) is 1.96. The summed E-state index contributed by atoms with van der Waals surface area (Å²) >= 11 is 0. The zero-order valence-corrected chi connectivity index (χ0v) is 7.43. The van der Waals surface area contributed by atoms with Crippen molar-refractivity contribution < 1.29 is 19.5 Å². The van der Waals surface area contributed by atoms with Gasteiger partial charge in [-0.05, 0) is 18.2 Å². The normalized spacial score (nSPS) is 19.1. The van der Waals surface area contributed by atoms with Crippen LogP contribution in [0.3, 0.4) is 0 Å². The van der Waals surface area contributed by atoms with Gasteiger partial charge in [0.15, 0.2) is 17.3 Å². The SMILES string of the molecule is O=C1C=CC2=NC(C(=O)O)=CC(=O)C2=C1. The van der Waals surface area contributed by atoms with E-state index in [0.29, 0.717) is 0 Å². The van der Waals surface area contributed by atoms with Gasteiger partial charge in [0.1, 0.15) is 0 Å². The lowest BCUT2D eigenvalue weighted by Gasteiger charge is -2.12. The van der Waals surface area contributed by atoms with Crippen molar-refractivity contribution in [2.75, 3.05) is 0 Å². The average molecular weight is 203 g/mol. The van der Waals surface area contributed by atoms with E-state index in [2.05, 4.69) is 4.99 Å². The summed E-state index contributed by atoms with van der Waals surface area (Å²) in [4.78, 5) is 36.7. The molecule has 15 heavy (non-hydrogen) atoms. The molecule has 0 radical (unpaired) electrons. The van der Waals surface area contributed by atoms with Crippen LogP contribution in [0, 0.1) is 0 Å². The van der Waals surface area contributed by atoms with Gasteiger partial charge in [-0.1, -0.05) is 0 Å². The lowest BCUT2D eigenvalue weighted by Crippen LogP contribution is -2.20. The Hall–Kier alpha value is -2.30. The van der Waals surface area contributed by atoms with E-state index in [9.17, 15) is 14.4 Å². The van der Waals surface area contributed by atoms with Gasteiger partial charge in [-0.15, -0.1) is 0 Å². The Labute approximate surface area is 84.1 Å². The lowest BCUT2D eigenvalue weighted by molar-refractivity contribution is -0.133. The first-order chi connectivity index (χ1) is 7.08. The molecule has 0 saturated heterocycles. The summed E-state index contributed by atoms with van der Waals surface area (Å²) < 4.78 is 0. The number of rotatable bonds is 1. The molecule has 0 unspecified atom stereocenters. The molecule has 5 heteroatoms. The number of hydrogen-bond acceptors (Lipinski definition) is 4. The van der Waals surface area contributed by atoms with Crippen LogP contribution in [0.15, 0.2) is 40.6 Å². The van der Waals surface area contributed by atoms with Crippen LogP contribution in [0.2, 0.25) is 0 Å². The molecule has 2 aliphatic rings. The summed E-state index contributed by atoms with van der Waals surface area (Å²) in [6.45, 7) is 0. The molecule has 0 atom stereocenters. The van der Waals surface area contributed by atoms with Crippen molar-refractivity contribution in [1.82, 2.24) is 0 Å². The highest BCUT2D eigenvalue weighted by Crippen LogP contribution is 2.17. The number of carbonyl (C=O) groups excluding carboxylic acids is 2. The van der Waals surface area contributed by atoms with Crippen LogP contribution in [0.1, 0.15) is 0 Å². The van der Waals surface area contributed by atoms with Gasteiger partial charge < -0.3 is 5.11 Å². The van der Waals surface area contributed by atoms with Gasteiger partial charge in [-0.25, -0.2) is 9.79 Å². The number of allylic oxidation sites excluding steroid dienone is 5. The smallest absolute Gasteiger partial charge is 0.354 e. The maximum absolute atomic E-state index is 11.4. The molecule has 0 aromatic rings. The molecule has 0 amide bonds. The number of carbonyl (C=O) groups is 3. The minimum atomic E-state index is -1.26. The number of nitrogens with zero attached hydrogens (tertiary/aromatic N) is 1. The Kier molecular flexibility index (Phi) is 1.93. The van der Waals surface area contributed by atoms with Crippen LogP contribution in [-0.4, -0.2) is 28.4 Å². The molecule has 74 valence electrons. The van der Waals surface area contributed by atoms with Gasteiger partial charge in [-0.3, -0.25) is 9.59 Å². The van der Waals surface area contributed by atoms with Crippen LogP contribution < -0.4 is 0 Å². The zero-order valence-electron chi connectivity index (χ0n) is 7.43. The van der Waals surface area contributed by atoms with Gasteiger partial charge >= 0.3 is 5.97 Å². The fourth-order valence-electron chi connectivity index (χ4n) is 1.28. The predicted molar refractivity (Wildman–Crippen MR) is 50.4 cm³/mol. The van der Waals surface area contributed by atoms with Crippen LogP contribution in [0.5, 0.6) is 0 Å². The molecule has 0 fully saturated rings. The molecule has 0 spiro atoms. The first kappa shape index (κ1) is 9.26. The molecular formula is C10H5NO4. The molecule has 0 aromatic heterocycles.